The number of aromatic nitrogens is 2. The Morgan fingerprint density at radius 2 is 2.00 bits per heavy atom. The summed E-state index contributed by atoms with van der Waals surface area (Å²) in [5.74, 6) is 0.308. The molecule has 1 heterocycles. The number of carbonyl (C=O) groups is 1. The molecule has 33 heavy (non-hydrogen) atoms. The van der Waals surface area contributed by atoms with Crippen molar-refractivity contribution < 1.29 is 27.5 Å². The molecule has 0 bridgehead atoms. The molecule has 4 rings (SSSR count). The first-order valence-corrected chi connectivity index (χ1v) is 10.5. The predicted molar refractivity (Wildman–Crippen MR) is 117 cm³/mol. The number of rotatable bonds is 9. The normalized spacial score (nSPS) is 13.5. The number of para-hydroxylation sites is 1. The van der Waals surface area contributed by atoms with Gasteiger partial charge in [-0.2, -0.15) is 8.78 Å². The quantitative estimate of drug-likeness (QED) is 0.396. The molecule has 2 aromatic carbocycles. The van der Waals surface area contributed by atoms with Crippen LogP contribution in [0.25, 0.3) is 17.5 Å². The zero-order chi connectivity index (χ0) is 23.4. The molecule has 0 spiro atoms. The van der Waals surface area contributed by atoms with Crippen LogP contribution in [0.1, 0.15) is 24.3 Å². The molecule has 0 aliphatic heterocycles. The van der Waals surface area contributed by atoms with Crippen molar-refractivity contribution in [2.24, 2.45) is 0 Å². The monoisotopic (exact) mass is 475 g/mol. The van der Waals surface area contributed by atoms with Crippen molar-refractivity contribution in [2.75, 3.05) is 7.11 Å². The SMILES string of the molecule is COc1cccc(/C=C/C(=O)N(Cc2nnc(-c3ccc(Cl)cc3)o2)C2CC2)c1OC(F)F. The molecule has 7 nitrogen and oxygen atoms in total. The van der Waals surface area contributed by atoms with Gasteiger partial charge in [0, 0.05) is 28.3 Å². The molecule has 172 valence electrons. The summed E-state index contributed by atoms with van der Waals surface area (Å²) in [6, 6.07) is 11.7. The van der Waals surface area contributed by atoms with Crippen molar-refractivity contribution in [1.29, 1.82) is 0 Å². The summed E-state index contributed by atoms with van der Waals surface area (Å²) < 4.78 is 41.1. The van der Waals surface area contributed by atoms with Crippen LogP contribution in [-0.4, -0.2) is 40.8 Å². The average Bonchev–Trinajstić information content (AvgIpc) is 3.54. The van der Waals surface area contributed by atoms with E-state index in [-0.39, 0.29) is 35.9 Å². The van der Waals surface area contributed by atoms with E-state index in [1.165, 1.54) is 25.3 Å². The van der Waals surface area contributed by atoms with E-state index in [9.17, 15) is 13.6 Å². The zero-order valence-electron chi connectivity index (χ0n) is 17.6. The lowest BCUT2D eigenvalue weighted by molar-refractivity contribution is -0.127. The van der Waals surface area contributed by atoms with E-state index < -0.39 is 6.61 Å². The van der Waals surface area contributed by atoms with E-state index in [4.69, 9.17) is 20.8 Å². The van der Waals surface area contributed by atoms with E-state index in [0.717, 1.165) is 12.8 Å². The van der Waals surface area contributed by atoms with Crippen molar-refractivity contribution >= 4 is 23.6 Å². The number of halogens is 3. The van der Waals surface area contributed by atoms with Gasteiger partial charge in [0.1, 0.15) is 0 Å². The molecule has 0 radical (unpaired) electrons. The van der Waals surface area contributed by atoms with Crippen LogP contribution in [0.5, 0.6) is 11.5 Å². The van der Waals surface area contributed by atoms with Gasteiger partial charge in [-0.15, -0.1) is 10.2 Å². The molecule has 3 aromatic rings. The number of amides is 1. The first kappa shape index (κ1) is 22.7. The van der Waals surface area contributed by atoms with Crippen molar-refractivity contribution in [2.45, 2.75) is 32.0 Å². The fourth-order valence-electron chi connectivity index (χ4n) is 3.24. The van der Waals surface area contributed by atoms with E-state index in [0.29, 0.717) is 22.0 Å². The van der Waals surface area contributed by atoms with Gasteiger partial charge in [-0.25, -0.2) is 0 Å². The van der Waals surface area contributed by atoms with E-state index >= 15 is 0 Å². The van der Waals surface area contributed by atoms with E-state index in [2.05, 4.69) is 14.9 Å². The third kappa shape index (κ3) is 5.67. The fourth-order valence-corrected chi connectivity index (χ4v) is 3.37. The van der Waals surface area contributed by atoms with Crippen LogP contribution in [-0.2, 0) is 11.3 Å². The Kier molecular flexibility index (Phi) is 6.88. The molecule has 0 saturated heterocycles. The Labute approximate surface area is 193 Å². The van der Waals surface area contributed by atoms with Crippen LogP contribution in [0.2, 0.25) is 5.02 Å². The molecule has 1 saturated carbocycles. The zero-order valence-corrected chi connectivity index (χ0v) is 18.3. The molecular weight excluding hydrogens is 456 g/mol. The maximum absolute atomic E-state index is 12.9. The summed E-state index contributed by atoms with van der Waals surface area (Å²) in [6.07, 6.45) is 4.44. The number of methoxy groups -OCH3 is 1. The number of alkyl halides is 2. The summed E-state index contributed by atoms with van der Waals surface area (Å²) in [6.45, 7) is -2.90. The Morgan fingerprint density at radius 1 is 1.24 bits per heavy atom. The summed E-state index contributed by atoms with van der Waals surface area (Å²) in [5.41, 5.74) is 1.01. The average molecular weight is 476 g/mol. The highest BCUT2D eigenvalue weighted by molar-refractivity contribution is 6.30. The highest BCUT2D eigenvalue weighted by Crippen LogP contribution is 2.34. The van der Waals surface area contributed by atoms with Gasteiger partial charge in [0.2, 0.25) is 17.7 Å². The van der Waals surface area contributed by atoms with Gasteiger partial charge in [0.05, 0.1) is 13.7 Å². The van der Waals surface area contributed by atoms with Gasteiger partial charge in [0.25, 0.3) is 0 Å². The van der Waals surface area contributed by atoms with Crippen LogP contribution in [0, 0.1) is 0 Å². The molecule has 0 atom stereocenters. The molecule has 1 aliphatic carbocycles. The lowest BCUT2D eigenvalue weighted by Crippen LogP contribution is -2.31. The first-order valence-electron chi connectivity index (χ1n) is 10.1. The molecule has 10 heteroatoms. The standard InChI is InChI=1S/C23H20ClF2N3O4/c1-31-18-4-2-3-14(21(18)33-23(25)26)7-12-20(30)29(17-10-11-17)13-19-27-28-22(32-19)15-5-8-16(24)9-6-15/h2-9,12,17,23H,10-11,13H2,1H3/b12-7+. The highest BCUT2D eigenvalue weighted by atomic mass is 35.5. The maximum Gasteiger partial charge on any atom is 0.387 e. The summed E-state index contributed by atoms with van der Waals surface area (Å²) >= 11 is 5.91. The second-order valence-corrected chi connectivity index (χ2v) is 7.73. The van der Waals surface area contributed by atoms with Crippen LogP contribution in [0.3, 0.4) is 0 Å². The van der Waals surface area contributed by atoms with Gasteiger partial charge in [-0.3, -0.25) is 4.79 Å². The molecule has 1 aromatic heterocycles. The van der Waals surface area contributed by atoms with E-state index in [1.54, 1.807) is 41.3 Å². The lowest BCUT2D eigenvalue weighted by atomic mass is 10.1. The molecule has 0 unspecified atom stereocenters. The molecule has 1 amide bonds. The van der Waals surface area contributed by atoms with E-state index in [1.807, 2.05) is 0 Å². The second kappa shape index (κ2) is 9.99. The van der Waals surface area contributed by atoms with Crippen LogP contribution >= 0.6 is 11.6 Å². The lowest BCUT2D eigenvalue weighted by Gasteiger charge is -2.18. The number of hydrogen-bond donors (Lipinski definition) is 0. The minimum absolute atomic E-state index is 0.0510. The van der Waals surface area contributed by atoms with Crippen molar-refractivity contribution in [3.63, 3.8) is 0 Å². The van der Waals surface area contributed by atoms with Gasteiger partial charge >= 0.3 is 6.61 Å². The van der Waals surface area contributed by atoms with Crippen LogP contribution < -0.4 is 9.47 Å². The van der Waals surface area contributed by atoms with Crippen molar-refractivity contribution in [3.8, 4) is 23.0 Å². The number of hydrogen-bond acceptors (Lipinski definition) is 6. The van der Waals surface area contributed by atoms with Gasteiger partial charge < -0.3 is 18.8 Å². The van der Waals surface area contributed by atoms with Crippen molar-refractivity contribution in [3.05, 3.63) is 65.0 Å². The van der Waals surface area contributed by atoms with Crippen LogP contribution in [0.15, 0.2) is 53.0 Å². The summed E-state index contributed by atoms with van der Waals surface area (Å²) in [4.78, 5) is 14.5. The van der Waals surface area contributed by atoms with Crippen molar-refractivity contribution in [1.82, 2.24) is 15.1 Å². The Hall–Kier alpha value is -3.46. The Morgan fingerprint density at radius 3 is 2.67 bits per heavy atom. The molecular formula is C23H20ClF2N3O4. The maximum atomic E-state index is 12.9. The Balaban J connectivity index is 1.50. The fraction of sp³-hybridized carbons (Fsp3) is 0.261. The van der Waals surface area contributed by atoms with Gasteiger partial charge in [0.15, 0.2) is 11.5 Å². The topological polar surface area (TPSA) is 77.7 Å². The molecule has 1 aliphatic rings. The highest BCUT2D eigenvalue weighted by Gasteiger charge is 2.33. The minimum atomic E-state index is -3.03. The van der Waals surface area contributed by atoms with Crippen LogP contribution in [0.4, 0.5) is 8.78 Å². The summed E-state index contributed by atoms with van der Waals surface area (Å²) in [5, 5.41) is 8.68. The molecule has 1 fully saturated rings. The predicted octanol–water partition coefficient (Wildman–Crippen LogP) is 5.20. The van der Waals surface area contributed by atoms with Gasteiger partial charge in [-0.1, -0.05) is 23.7 Å². The third-order valence-electron chi connectivity index (χ3n) is 4.98. The molecule has 0 N–H and O–H groups in total. The summed E-state index contributed by atoms with van der Waals surface area (Å²) in [7, 11) is 1.35. The number of carbonyl (C=O) groups excluding carboxylic acids is 1. The number of benzene rings is 2. The van der Waals surface area contributed by atoms with Gasteiger partial charge in [-0.05, 0) is 49.2 Å². The second-order valence-electron chi connectivity index (χ2n) is 7.30. The first-order chi connectivity index (χ1) is 15.9. The number of nitrogens with zero attached hydrogens (tertiary/aromatic N) is 3. The third-order valence-corrected chi connectivity index (χ3v) is 5.23. The largest absolute Gasteiger partial charge is 0.493 e. The number of ether oxygens (including phenoxy) is 2. The minimum Gasteiger partial charge on any atom is -0.493 e. The smallest absolute Gasteiger partial charge is 0.387 e. The Bertz CT molecular complexity index is 1150.